The molecule has 1 aromatic heterocycles. The summed E-state index contributed by atoms with van der Waals surface area (Å²) < 4.78 is 4.93. The fourth-order valence-electron chi connectivity index (χ4n) is 1.65. The summed E-state index contributed by atoms with van der Waals surface area (Å²) in [5.74, 6) is 0.191. The number of aromatic nitrogens is 2. The fraction of sp³-hybridized carbons (Fsp3) is 0.308. The second-order valence-corrected chi connectivity index (χ2v) is 4.78. The molecule has 0 saturated heterocycles. The molecule has 2 atom stereocenters. The summed E-state index contributed by atoms with van der Waals surface area (Å²) in [6, 6.07) is 6.30. The Morgan fingerprint density at radius 2 is 2.05 bits per heavy atom. The van der Waals surface area contributed by atoms with E-state index in [0.717, 1.165) is 5.56 Å². The smallest absolute Gasteiger partial charge is 0.249 e. The molecule has 1 amide bonds. The summed E-state index contributed by atoms with van der Waals surface area (Å²) in [6.07, 6.45) is -1.13. The van der Waals surface area contributed by atoms with Gasteiger partial charge in [0.05, 0.1) is 0 Å². The molecule has 1 aromatic carbocycles. The summed E-state index contributed by atoms with van der Waals surface area (Å²) >= 11 is 5.85. The Labute approximate surface area is 120 Å². The molecule has 0 bridgehead atoms. The van der Waals surface area contributed by atoms with Gasteiger partial charge in [0.25, 0.3) is 0 Å². The van der Waals surface area contributed by atoms with Crippen LogP contribution in [0.2, 0.25) is 5.02 Å². The fourth-order valence-corrected chi connectivity index (χ4v) is 1.77. The average molecular weight is 296 g/mol. The molecule has 0 spiro atoms. The summed E-state index contributed by atoms with van der Waals surface area (Å²) in [7, 11) is 0. The summed E-state index contributed by atoms with van der Waals surface area (Å²) in [6.45, 7) is 3.04. The minimum Gasteiger partial charge on any atom is -0.384 e. The van der Waals surface area contributed by atoms with Crippen LogP contribution in [0, 0.1) is 6.92 Å². The van der Waals surface area contributed by atoms with E-state index in [1.807, 2.05) is 0 Å². The van der Waals surface area contributed by atoms with Crippen LogP contribution in [0.3, 0.4) is 0 Å². The van der Waals surface area contributed by atoms with Crippen molar-refractivity contribution < 1.29 is 14.4 Å². The molecule has 0 aliphatic rings. The van der Waals surface area contributed by atoms with Crippen LogP contribution in [0.4, 0.5) is 0 Å². The highest BCUT2D eigenvalue weighted by Crippen LogP contribution is 2.21. The Hall–Kier alpha value is -1.92. The number of amides is 1. The number of nitrogens with one attached hydrogen (secondary N) is 1. The maximum atomic E-state index is 11.7. The third-order valence-electron chi connectivity index (χ3n) is 2.67. The van der Waals surface area contributed by atoms with Crippen LogP contribution in [0.15, 0.2) is 28.8 Å². The number of carbonyl (C=O) groups excluding carboxylic acids is 1. The molecule has 2 unspecified atom stereocenters. The number of carbonyl (C=O) groups is 1. The molecule has 0 aliphatic heterocycles. The van der Waals surface area contributed by atoms with Gasteiger partial charge in [0, 0.05) is 11.9 Å². The van der Waals surface area contributed by atoms with E-state index in [0.29, 0.717) is 16.7 Å². The first kappa shape index (κ1) is 14.5. The minimum absolute atomic E-state index is 0.318. The number of halogens is 1. The van der Waals surface area contributed by atoms with Gasteiger partial charge < -0.3 is 14.9 Å². The van der Waals surface area contributed by atoms with Gasteiger partial charge >= 0.3 is 0 Å². The predicted molar refractivity (Wildman–Crippen MR) is 72.2 cm³/mol. The maximum Gasteiger partial charge on any atom is 0.249 e. The lowest BCUT2D eigenvalue weighted by molar-refractivity contribution is -0.129. The van der Waals surface area contributed by atoms with E-state index in [1.165, 1.54) is 6.92 Å². The van der Waals surface area contributed by atoms with Gasteiger partial charge in [-0.05, 0) is 24.6 Å². The molecule has 2 N–H and O–H groups in total. The number of hydrogen-bond donors (Lipinski definition) is 2. The Kier molecular flexibility index (Phi) is 4.36. The van der Waals surface area contributed by atoms with Crippen LogP contribution < -0.4 is 5.32 Å². The molecule has 6 nitrogen and oxygen atoms in total. The number of nitrogens with zero attached hydrogens (tertiary/aromatic N) is 2. The van der Waals surface area contributed by atoms with Crippen molar-refractivity contribution in [3.63, 3.8) is 0 Å². The SMILES string of the molecule is Cc1nc(C(NC(=O)C(C)O)c2ccc(Cl)cc2)no1. The van der Waals surface area contributed by atoms with Crippen molar-refractivity contribution in [3.8, 4) is 0 Å². The topological polar surface area (TPSA) is 88.2 Å². The normalized spacial score (nSPS) is 13.8. The summed E-state index contributed by atoms with van der Waals surface area (Å²) in [4.78, 5) is 15.8. The van der Waals surface area contributed by atoms with Gasteiger partial charge in [-0.3, -0.25) is 4.79 Å². The lowest BCUT2D eigenvalue weighted by atomic mass is 10.1. The molecule has 0 fully saturated rings. The molecule has 1 heterocycles. The van der Waals surface area contributed by atoms with E-state index in [2.05, 4.69) is 15.5 Å². The third kappa shape index (κ3) is 3.34. The number of rotatable bonds is 4. The van der Waals surface area contributed by atoms with Gasteiger partial charge in [0.1, 0.15) is 12.1 Å². The summed E-state index contributed by atoms with van der Waals surface area (Å²) in [5.41, 5.74) is 0.740. The zero-order valence-corrected chi connectivity index (χ0v) is 11.8. The van der Waals surface area contributed by atoms with Crippen molar-refractivity contribution in [1.29, 1.82) is 0 Å². The van der Waals surface area contributed by atoms with Crippen molar-refractivity contribution in [3.05, 3.63) is 46.6 Å². The number of aliphatic hydroxyl groups excluding tert-OH is 1. The van der Waals surface area contributed by atoms with E-state index in [-0.39, 0.29) is 0 Å². The number of hydrogen-bond acceptors (Lipinski definition) is 5. The van der Waals surface area contributed by atoms with Gasteiger partial charge in [0.2, 0.25) is 11.8 Å². The van der Waals surface area contributed by atoms with Crippen LogP contribution >= 0.6 is 11.6 Å². The molecule has 20 heavy (non-hydrogen) atoms. The first-order valence-electron chi connectivity index (χ1n) is 6.01. The quantitative estimate of drug-likeness (QED) is 0.895. The zero-order chi connectivity index (χ0) is 14.7. The van der Waals surface area contributed by atoms with Gasteiger partial charge in [-0.1, -0.05) is 28.9 Å². The maximum absolute atomic E-state index is 11.7. The first-order valence-corrected chi connectivity index (χ1v) is 6.39. The van der Waals surface area contributed by atoms with E-state index >= 15 is 0 Å². The van der Waals surface area contributed by atoms with Crippen molar-refractivity contribution in [2.75, 3.05) is 0 Å². The van der Waals surface area contributed by atoms with Crippen LogP contribution in [-0.4, -0.2) is 27.3 Å². The largest absolute Gasteiger partial charge is 0.384 e. The van der Waals surface area contributed by atoms with E-state index in [9.17, 15) is 9.90 Å². The standard InChI is InChI=1S/C13H14ClN3O3/c1-7(18)13(19)16-11(12-15-8(2)20-17-12)9-3-5-10(14)6-4-9/h3-7,11,18H,1-2H3,(H,16,19). The first-order chi connectivity index (χ1) is 9.47. The lowest BCUT2D eigenvalue weighted by Crippen LogP contribution is -2.36. The highest BCUT2D eigenvalue weighted by Gasteiger charge is 2.23. The Balaban J connectivity index is 2.33. The Morgan fingerprint density at radius 1 is 1.40 bits per heavy atom. The highest BCUT2D eigenvalue weighted by molar-refractivity contribution is 6.30. The van der Waals surface area contributed by atoms with Crippen molar-refractivity contribution in [1.82, 2.24) is 15.5 Å². The molecular weight excluding hydrogens is 282 g/mol. The molecule has 106 valence electrons. The Bertz CT molecular complexity index is 595. The number of aliphatic hydroxyl groups is 1. The average Bonchev–Trinajstić information content (AvgIpc) is 2.83. The van der Waals surface area contributed by atoms with Crippen LogP contribution in [0.5, 0.6) is 0 Å². The molecule has 7 heteroatoms. The lowest BCUT2D eigenvalue weighted by Gasteiger charge is -2.17. The highest BCUT2D eigenvalue weighted by atomic mass is 35.5. The van der Waals surface area contributed by atoms with E-state index in [4.69, 9.17) is 16.1 Å². The molecule has 0 aliphatic carbocycles. The number of aryl methyl sites for hydroxylation is 1. The molecule has 0 saturated carbocycles. The van der Waals surface area contributed by atoms with Crippen LogP contribution in [-0.2, 0) is 4.79 Å². The minimum atomic E-state index is -1.13. The van der Waals surface area contributed by atoms with Gasteiger partial charge in [-0.25, -0.2) is 0 Å². The van der Waals surface area contributed by atoms with Crippen LogP contribution in [0.1, 0.15) is 30.2 Å². The zero-order valence-electron chi connectivity index (χ0n) is 11.0. The van der Waals surface area contributed by atoms with Gasteiger partial charge in [-0.2, -0.15) is 4.98 Å². The van der Waals surface area contributed by atoms with Gasteiger partial charge in [0.15, 0.2) is 5.82 Å². The van der Waals surface area contributed by atoms with Crippen LogP contribution in [0.25, 0.3) is 0 Å². The molecular formula is C13H14ClN3O3. The Morgan fingerprint density at radius 3 is 2.55 bits per heavy atom. The van der Waals surface area contributed by atoms with Crippen molar-refractivity contribution in [2.24, 2.45) is 0 Å². The van der Waals surface area contributed by atoms with Gasteiger partial charge in [-0.15, -0.1) is 0 Å². The molecule has 0 radical (unpaired) electrons. The molecule has 2 rings (SSSR count). The predicted octanol–water partition coefficient (Wildman–Crippen LogP) is 1.62. The monoisotopic (exact) mass is 295 g/mol. The third-order valence-corrected chi connectivity index (χ3v) is 2.92. The van der Waals surface area contributed by atoms with E-state index in [1.54, 1.807) is 31.2 Å². The van der Waals surface area contributed by atoms with E-state index < -0.39 is 18.1 Å². The molecule has 2 aromatic rings. The second kappa shape index (κ2) is 6.02. The summed E-state index contributed by atoms with van der Waals surface area (Å²) in [5, 5.41) is 16.4. The van der Waals surface area contributed by atoms with Crippen molar-refractivity contribution >= 4 is 17.5 Å². The van der Waals surface area contributed by atoms with Crippen molar-refractivity contribution in [2.45, 2.75) is 26.0 Å². The number of benzene rings is 1. The second-order valence-electron chi connectivity index (χ2n) is 4.34.